The summed E-state index contributed by atoms with van der Waals surface area (Å²) in [4.78, 5) is 2.86. The minimum absolute atomic E-state index is 1.22. The van der Waals surface area contributed by atoms with Crippen molar-refractivity contribution in [2.45, 2.75) is 36.5 Å². The molecule has 2 heteroatoms. The molecule has 0 aliphatic heterocycles. The maximum Gasteiger partial charge on any atom is 0.0101 e. The van der Waals surface area contributed by atoms with Gasteiger partial charge in [0.15, 0.2) is 0 Å². The van der Waals surface area contributed by atoms with Crippen LogP contribution < -0.4 is 0 Å². The van der Waals surface area contributed by atoms with Gasteiger partial charge < -0.3 is 0 Å². The van der Waals surface area contributed by atoms with Gasteiger partial charge in [0, 0.05) is 9.79 Å². The van der Waals surface area contributed by atoms with Crippen LogP contribution in [0.25, 0.3) is 0 Å². The molecule has 2 aromatic rings. The zero-order valence-corrected chi connectivity index (χ0v) is 13.9. The van der Waals surface area contributed by atoms with Gasteiger partial charge in [0.25, 0.3) is 0 Å². The van der Waals surface area contributed by atoms with Gasteiger partial charge in [-0.3, -0.25) is 0 Å². The fraction of sp³-hybridized carbons (Fsp3) is 0.333. The number of thioether (sulfide) groups is 2. The van der Waals surface area contributed by atoms with E-state index in [1.54, 1.807) is 0 Å². The summed E-state index contributed by atoms with van der Waals surface area (Å²) in [5, 5.41) is 0. The Labute approximate surface area is 131 Å². The second-order valence-corrected chi connectivity index (χ2v) is 7.21. The van der Waals surface area contributed by atoms with E-state index in [2.05, 4.69) is 62.4 Å². The molecule has 0 aliphatic rings. The fourth-order valence-corrected chi connectivity index (χ4v) is 4.08. The van der Waals surface area contributed by atoms with Crippen LogP contribution in [0.3, 0.4) is 0 Å². The first-order valence-corrected chi connectivity index (χ1v) is 9.11. The van der Waals surface area contributed by atoms with Gasteiger partial charge >= 0.3 is 0 Å². The maximum atomic E-state index is 2.22. The summed E-state index contributed by atoms with van der Waals surface area (Å²) in [6.07, 6.45) is 2.58. The summed E-state index contributed by atoms with van der Waals surface area (Å²) in [7, 11) is 0. The highest BCUT2D eigenvalue weighted by Gasteiger charge is 1.99. The van der Waals surface area contributed by atoms with Crippen LogP contribution in [0.2, 0.25) is 0 Å². The zero-order valence-electron chi connectivity index (χ0n) is 12.3. The van der Waals surface area contributed by atoms with Gasteiger partial charge in [0.05, 0.1) is 0 Å². The summed E-state index contributed by atoms with van der Waals surface area (Å²) < 4.78 is 0. The molecular weight excluding hydrogens is 280 g/mol. The van der Waals surface area contributed by atoms with Crippen molar-refractivity contribution in [2.75, 3.05) is 11.5 Å². The van der Waals surface area contributed by atoms with E-state index in [0.717, 1.165) is 0 Å². The molecule has 0 spiro atoms. The van der Waals surface area contributed by atoms with Crippen molar-refractivity contribution in [1.82, 2.24) is 0 Å². The molecule has 2 rings (SSSR count). The number of unbranched alkanes of at least 4 members (excludes halogenated alkanes) is 1. The first-order chi connectivity index (χ1) is 9.77. The lowest BCUT2D eigenvalue weighted by atomic mass is 10.2. The highest BCUT2D eigenvalue weighted by molar-refractivity contribution is 7.99. The van der Waals surface area contributed by atoms with E-state index < -0.39 is 0 Å². The third-order valence-corrected chi connectivity index (χ3v) is 5.76. The smallest absolute Gasteiger partial charge is 0.0101 e. The number of hydrogen-bond acceptors (Lipinski definition) is 2. The van der Waals surface area contributed by atoms with Gasteiger partial charge in [-0.05, 0) is 61.5 Å². The Morgan fingerprint density at radius 2 is 1.05 bits per heavy atom. The molecule has 0 atom stereocenters. The molecule has 20 heavy (non-hydrogen) atoms. The molecule has 0 amide bonds. The number of aryl methyl sites for hydroxylation is 2. The lowest BCUT2D eigenvalue weighted by molar-refractivity contribution is 0.906. The summed E-state index contributed by atoms with van der Waals surface area (Å²) in [5.74, 6) is 2.44. The van der Waals surface area contributed by atoms with Gasteiger partial charge in [-0.15, -0.1) is 23.5 Å². The molecular formula is C18H22S2. The quantitative estimate of drug-likeness (QED) is 0.456. The van der Waals surface area contributed by atoms with Gasteiger partial charge in [-0.2, -0.15) is 0 Å². The Hall–Kier alpha value is -0.860. The molecule has 0 saturated carbocycles. The van der Waals surface area contributed by atoms with Crippen molar-refractivity contribution in [3.63, 3.8) is 0 Å². The van der Waals surface area contributed by atoms with E-state index in [4.69, 9.17) is 0 Å². The van der Waals surface area contributed by atoms with Crippen LogP contribution in [-0.4, -0.2) is 11.5 Å². The molecule has 0 N–H and O–H groups in total. The second-order valence-electron chi connectivity index (χ2n) is 4.94. The summed E-state index contributed by atoms with van der Waals surface area (Å²) in [5.41, 5.74) is 2.79. The Morgan fingerprint density at radius 1 is 0.650 bits per heavy atom. The van der Waals surface area contributed by atoms with E-state index in [0.29, 0.717) is 0 Å². The first kappa shape index (κ1) is 15.5. The highest BCUT2D eigenvalue weighted by atomic mass is 32.2. The predicted molar refractivity (Wildman–Crippen MR) is 93.0 cm³/mol. The Balaban J connectivity index is 1.63. The minimum Gasteiger partial charge on any atom is -0.126 e. The van der Waals surface area contributed by atoms with Crippen LogP contribution in [0, 0.1) is 13.8 Å². The van der Waals surface area contributed by atoms with E-state index in [9.17, 15) is 0 Å². The zero-order chi connectivity index (χ0) is 14.2. The molecule has 106 valence electrons. The first-order valence-electron chi connectivity index (χ1n) is 7.14. The third kappa shape index (κ3) is 4.92. The Morgan fingerprint density at radius 3 is 1.45 bits per heavy atom. The monoisotopic (exact) mass is 302 g/mol. The van der Waals surface area contributed by atoms with Gasteiger partial charge in [0.2, 0.25) is 0 Å². The van der Waals surface area contributed by atoms with E-state index in [1.165, 1.54) is 45.3 Å². The summed E-state index contributed by atoms with van der Waals surface area (Å²) >= 11 is 3.97. The second kappa shape index (κ2) is 8.43. The maximum absolute atomic E-state index is 2.22. The Kier molecular flexibility index (Phi) is 6.55. The molecule has 0 aliphatic carbocycles. The highest BCUT2D eigenvalue weighted by Crippen LogP contribution is 2.25. The van der Waals surface area contributed by atoms with Crippen LogP contribution in [0.15, 0.2) is 58.3 Å². The standard InChI is InChI=1S/C18H22S2/c1-15-9-3-5-11-17(15)19-13-7-8-14-20-18-12-6-4-10-16(18)2/h3-6,9-12H,7-8,13-14H2,1-2H3. The number of rotatable bonds is 7. The molecule has 0 fully saturated rings. The molecule has 0 bridgehead atoms. The van der Waals surface area contributed by atoms with E-state index in [-0.39, 0.29) is 0 Å². The van der Waals surface area contributed by atoms with Gasteiger partial charge in [0.1, 0.15) is 0 Å². The Bertz CT molecular complexity index is 485. The molecule has 0 unspecified atom stereocenters. The minimum atomic E-state index is 1.22. The van der Waals surface area contributed by atoms with Crippen molar-refractivity contribution < 1.29 is 0 Å². The average molecular weight is 303 g/mol. The lowest BCUT2D eigenvalue weighted by Gasteiger charge is -2.06. The molecule has 0 nitrogen and oxygen atoms in total. The van der Waals surface area contributed by atoms with Crippen LogP contribution >= 0.6 is 23.5 Å². The summed E-state index contributed by atoms with van der Waals surface area (Å²) in [6, 6.07) is 17.3. The fourth-order valence-electron chi connectivity index (χ4n) is 2.01. The molecule has 0 radical (unpaired) electrons. The van der Waals surface area contributed by atoms with Crippen LogP contribution in [-0.2, 0) is 0 Å². The van der Waals surface area contributed by atoms with Crippen molar-refractivity contribution in [3.05, 3.63) is 59.7 Å². The number of benzene rings is 2. The van der Waals surface area contributed by atoms with E-state index >= 15 is 0 Å². The largest absolute Gasteiger partial charge is 0.126 e. The van der Waals surface area contributed by atoms with Gasteiger partial charge in [-0.25, -0.2) is 0 Å². The SMILES string of the molecule is Cc1ccccc1SCCCCSc1ccccc1C. The average Bonchev–Trinajstić information content (AvgIpc) is 2.46. The molecule has 0 heterocycles. The van der Waals surface area contributed by atoms with Crippen molar-refractivity contribution in [1.29, 1.82) is 0 Å². The number of hydrogen-bond donors (Lipinski definition) is 0. The van der Waals surface area contributed by atoms with Crippen molar-refractivity contribution >= 4 is 23.5 Å². The molecule has 0 saturated heterocycles. The lowest BCUT2D eigenvalue weighted by Crippen LogP contribution is -1.87. The molecule has 2 aromatic carbocycles. The third-order valence-electron chi connectivity index (χ3n) is 3.24. The topological polar surface area (TPSA) is 0 Å². The molecule has 0 aromatic heterocycles. The van der Waals surface area contributed by atoms with Crippen LogP contribution in [0.1, 0.15) is 24.0 Å². The predicted octanol–water partition coefficient (Wildman–Crippen LogP) is 5.97. The van der Waals surface area contributed by atoms with Crippen molar-refractivity contribution in [3.8, 4) is 0 Å². The van der Waals surface area contributed by atoms with Crippen LogP contribution in [0.5, 0.6) is 0 Å². The normalized spacial score (nSPS) is 10.7. The van der Waals surface area contributed by atoms with Crippen LogP contribution in [0.4, 0.5) is 0 Å². The summed E-state index contributed by atoms with van der Waals surface area (Å²) in [6.45, 7) is 4.38. The van der Waals surface area contributed by atoms with Crippen molar-refractivity contribution in [2.24, 2.45) is 0 Å². The van der Waals surface area contributed by atoms with Gasteiger partial charge in [-0.1, -0.05) is 36.4 Å². The van der Waals surface area contributed by atoms with E-state index in [1.807, 2.05) is 23.5 Å².